The molecule has 0 saturated carbocycles. The fourth-order valence-corrected chi connectivity index (χ4v) is 3.49. The Morgan fingerprint density at radius 1 is 0.933 bits per heavy atom. The summed E-state index contributed by atoms with van der Waals surface area (Å²) in [5.41, 5.74) is 4.34. The third kappa shape index (κ3) is 4.08. The van der Waals surface area contributed by atoms with E-state index in [0.717, 1.165) is 22.4 Å². The Labute approximate surface area is 184 Å². The van der Waals surface area contributed by atoms with Crippen LogP contribution in [0.4, 0.5) is 5.69 Å². The molecule has 3 aromatic carbocycles. The summed E-state index contributed by atoms with van der Waals surface area (Å²) in [4.78, 5) is 17.4. The molecule has 0 aliphatic heterocycles. The van der Waals surface area contributed by atoms with Gasteiger partial charge in [-0.05, 0) is 61.4 Å². The van der Waals surface area contributed by atoms with Crippen LogP contribution in [0.2, 0.25) is 10.0 Å². The lowest BCUT2D eigenvalue weighted by Crippen LogP contribution is -2.14. The molecule has 5 nitrogen and oxygen atoms in total. The smallest absolute Gasteiger partial charge is 0.295 e. The molecule has 1 aromatic heterocycles. The molecule has 30 heavy (non-hydrogen) atoms. The number of carbonyl (C=O) groups excluding carboxylic acids is 1. The number of benzene rings is 3. The van der Waals surface area contributed by atoms with Crippen molar-refractivity contribution in [3.8, 4) is 17.1 Å². The molecule has 4 rings (SSSR count). The zero-order valence-electron chi connectivity index (χ0n) is 16.4. The van der Waals surface area contributed by atoms with Gasteiger partial charge in [0.25, 0.3) is 5.91 Å². The number of amides is 1. The van der Waals surface area contributed by atoms with E-state index in [1.807, 2.05) is 44.2 Å². The van der Waals surface area contributed by atoms with Crippen LogP contribution in [0.25, 0.3) is 17.1 Å². The van der Waals surface area contributed by atoms with Crippen LogP contribution in [0.5, 0.6) is 0 Å². The van der Waals surface area contributed by atoms with Gasteiger partial charge in [0.1, 0.15) is 0 Å². The number of nitrogens with zero attached hydrogens (tertiary/aromatic N) is 3. The van der Waals surface area contributed by atoms with Gasteiger partial charge in [-0.15, -0.1) is 5.10 Å². The van der Waals surface area contributed by atoms with Crippen LogP contribution in [0.3, 0.4) is 0 Å². The summed E-state index contributed by atoms with van der Waals surface area (Å²) in [5, 5.41) is 8.42. The summed E-state index contributed by atoms with van der Waals surface area (Å²) in [6.45, 7) is 4.04. The van der Waals surface area contributed by atoms with Gasteiger partial charge >= 0.3 is 0 Å². The maximum atomic E-state index is 12.9. The van der Waals surface area contributed by atoms with Crippen molar-refractivity contribution in [1.82, 2.24) is 14.8 Å². The molecule has 0 spiro atoms. The number of hydrogen-bond donors (Lipinski definition) is 1. The van der Waals surface area contributed by atoms with Crippen LogP contribution in [-0.4, -0.2) is 20.7 Å². The van der Waals surface area contributed by atoms with Crippen LogP contribution < -0.4 is 5.32 Å². The van der Waals surface area contributed by atoms with Crippen molar-refractivity contribution in [2.45, 2.75) is 13.8 Å². The fraction of sp³-hybridized carbons (Fsp3) is 0.0870. The summed E-state index contributed by atoms with van der Waals surface area (Å²) in [7, 11) is 0. The number of rotatable bonds is 4. The van der Waals surface area contributed by atoms with Gasteiger partial charge in [0.05, 0.1) is 5.69 Å². The zero-order chi connectivity index (χ0) is 21.3. The first-order valence-electron chi connectivity index (χ1n) is 9.29. The maximum absolute atomic E-state index is 12.9. The number of aromatic nitrogens is 3. The average Bonchev–Trinajstić information content (AvgIpc) is 3.15. The number of hydrogen-bond acceptors (Lipinski definition) is 3. The third-order valence-corrected chi connectivity index (χ3v) is 5.25. The Hall–Kier alpha value is -3.15. The Kier molecular flexibility index (Phi) is 5.57. The van der Waals surface area contributed by atoms with E-state index >= 15 is 0 Å². The summed E-state index contributed by atoms with van der Waals surface area (Å²) >= 11 is 12.2. The summed E-state index contributed by atoms with van der Waals surface area (Å²) < 4.78 is 1.68. The lowest BCUT2D eigenvalue weighted by Gasteiger charge is -2.11. The van der Waals surface area contributed by atoms with E-state index in [0.29, 0.717) is 21.6 Å². The van der Waals surface area contributed by atoms with Gasteiger partial charge < -0.3 is 5.32 Å². The lowest BCUT2D eigenvalue weighted by atomic mass is 10.1. The second-order valence-electron chi connectivity index (χ2n) is 6.86. The van der Waals surface area contributed by atoms with Crippen molar-refractivity contribution in [2.24, 2.45) is 0 Å². The highest BCUT2D eigenvalue weighted by atomic mass is 35.5. The van der Waals surface area contributed by atoms with E-state index in [9.17, 15) is 4.79 Å². The standard InChI is InChI=1S/C23H18Cl2N4O/c1-14-6-3-11-20(15(14)2)29-22(16-7-4-8-17(24)12-16)27-21(28-29)23(30)26-19-10-5-9-18(25)13-19/h3-13H,1-2H3,(H,26,30). The second kappa shape index (κ2) is 8.30. The normalized spacial score (nSPS) is 10.8. The molecule has 0 radical (unpaired) electrons. The fourth-order valence-electron chi connectivity index (χ4n) is 3.11. The lowest BCUT2D eigenvalue weighted by molar-refractivity contribution is 0.101. The first-order chi connectivity index (χ1) is 14.4. The number of anilines is 1. The molecule has 0 saturated heterocycles. The number of nitrogens with one attached hydrogen (secondary N) is 1. The van der Waals surface area contributed by atoms with E-state index in [-0.39, 0.29) is 5.82 Å². The topological polar surface area (TPSA) is 59.8 Å². The van der Waals surface area contributed by atoms with Gasteiger partial charge in [0.2, 0.25) is 5.82 Å². The molecular formula is C23H18Cl2N4O. The first kappa shape index (κ1) is 20.1. The van der Waals surface area contributed by atoms with Gasteiger partial charge in [-0.2, -0.15) is 0 Å². The number of aryl methyl sites for hydroxylation is 1. The highest BCUT2D eigenvalue weighted by molar-refractivity contribution is 6.31. The molecule has 0 fully saturated rings. The van der Waals surface area contributed by atoms with Crippen molar-refractivity contribution < 1.29 is 4.79 Å². The first-order valence-corrected chi connectivity index (χ1v) is 10.0. The summed E-state index contributed by atoms with van der Waals surface area (Å²) in [6.07, 6.45) is 0. The van der Waals surface area contributed by atoms with Crippen LogP contribution >= 0.6 is 23.2 Å². The van der Waals surface area contributed by atoms with Crippen molar-refractivity contribution in [1.29, 1.82) is 0 Å². The highest BCUT2D eigenvalue weighted by Gasteiger charge is 2.20. The van der Waals surface area contributed by atoms with Gasteiger partial charge in [-0.25, -0.2) is 9.67 Å². The molecule has 1 N–H and O–H groups in total. The quantitative estimate of drug-likeness (QED) is 0.419. The van der Waals surface area contributed by atoms with Crippen LogP contribution in [-0.2, 0) is 0 Å². The van der Waals surface area contributed by atoms with Crippen LogP contribution in [0.1, 0.15) is 21.7 Å². The average molecular weight is 437 g/mol. The van der Waals surface area contributed by atoms with Crippen molar-refractivity contribution >= 4 is 34.8 Å². The third-order valence-electron chi connectivity index (χ3n) is 4.78. The van der Waals surface area contributed by atoms with Crippen molar-refractivity contribution in [3.63, 3.8) is 0 Å². The molecule has 1 heterocycles. The van der Waals surface area contributed by atoms with Crippen molar-refractivity contribution in [3.05, 3.63) is 93.7 Å². The number of halogens is 2. The molecule has 0 atom stereocenters. The van der Waals surface area contributed by atoms with Crippen molar-refractivity contribution in [2.75, 3.05) is 5.32 Å². The molecule has 4 aromatic rings. The Morgan fingerprint density at radius 2 is 1.63 bits per heavy atom. The zero-order valence-corrected chi connectivity index (χ0v) is 17.9. The van der Waals surface area contributed by atoms with E-state index in [1.165, 1.54) is 0 Å². The molecule has 0 bridgehead atoms. The summed E-state index contributed by atoms with van der Waals surface area (Å²) in [5.74, 6) is 0.151. The highest BCUT2D eigenvalue weighted by Crippen LogP contribution is 2.26. The minimum atomic E-state index is -0.426. The van der Waals surface area contributed by atoms with Gasteiger partial charge in [0.15, 0.2) is 5.82 Å². The van der Waals surface area contributed by atoms with Gasteiger partial charge in [-0.1, -0.05) is 53.5 Å². The summed E-state index contributed by atoms with van der Waals surface area (Å²) in [6, 6.07) is 20.2. The minimum Gasteiger partial charge on any atom is -0.319 e. The van der Waals surface area contributed by atoms with E-state index < -0.39 is 5.91 Å². The van der Waals surface area contributed by atoms with Gasteiger partial charge in [-0.3, -0.25) is 4.79 Å². The number of carbonyl (C=O) groups is 1. The second-order valence-corrected chi connectivity index (χ2v) is 7.74. The minimum absolute atomic E-state index is 0.0471. The Balaban J connectivity index is 1.81. The van der Waals surface area contributed by atoms with E-state index in [2.05, 4.69) is 15.4 Å². The SMILES string of the molecule is Cc1cccc(-n2nc(C(=O)Nc3cccc(Cl)c3)nc2-c2cccc(Cl)c2)c1C. The monoisotopic (exact) mass is 436 g/mol. The Bertz CT molecular complexity index is 1250. The maximum Gasteiger partial charge on any atom is 0.295 e. The van der Waals surface area contributed by atoms with Crippen LogP contribution in [0, 0.1) is 13.8 Å². The predicted molar refractivity (Wildman–Crippen MR) is 121 cm³/mol. The molecule has 150 valence electrons. The Morgan fingerprint density at radius 3 is 2.37 bits per heavy atom. The molecule has 0 aliphatic rings. The van der Waals surface area contributed by atoms with E-state index in [1.54, 1.807) is 41.1 Å². The van der Waals surface area contributed by atoms with Crippen LogP contribution in [0.15, 0.2) is 66.7 Å². The molecule has 7 heteroatoms. The molecular weight excluding hydrogens is 419 g/mol. The van der Waals surface area contributed by atoms with E-state index in [4.69, 9.17) is 23.2 Å². The molecule has 0 aliphatic carbocycles. The predicted octanol–water partition coefficient (Wildman–Crippen LogP) is 6.11. The largest absolute Gasteiger partial charge is 0.319 e. The molecule has 1 amide bonds. The van der Waals surface area contributed by atoms with Gasteiger partial charge in [0, 0.05) is 21.3 Å². The molecule has 0 unspecified atom stereocenters.